The molecule has 2 aromatic rings. The minimum absolute atomic E-state index is 0.0375. The Morgan fingerprint density at radius 1 is 1.54 bits per heavy atom. The summed E-state index contributed by atoms with van der Waals surface area (Å²) in [4.78, 5) is 33.4. The van der Waals surface area contributed by atoms with Crippen molar-refractivity contribution in [3.63, 3.8) is 0 Å². The van der Waals surface area contributed by atoms with E-state index < -0.39 is 6.09 Å². The first-order valence-electron chi connectivity index (χ1n) is 7.80. The Morgan fingerprint density at radius 2 is 2.33 bits per heavy atom. The average molecular weight is 396 g/mol. The van der Waals surface area contributed by atoms with E-state index in [1.54, 1.807) is 16.8 Å². The van der Waals surface area contributed by atoms with Crippen molar-refractivity contribution in [2.75, 3.05) is 18.4 Å². The molecular weight excluding hydrogens is 378 g/mol. The number of nitrogens with zero attached hydrogens (tertiary/aromatic N) is 4. The lowest BCUT2D eigenvalue weighted by Gasteiger charge is -2.31. The van der Waals surface area contributed by atoms with Gasteiger partial charge in [-0.3, -0.25) is 9.36 Å². The summed E-state index contributed by atoms with van der Waals surface area (Å²) in [6, 6.07) is 1.67. The molecule has 3 heterocycles. The van der Waals surface area contributed by atoms with Crippen molar-refractivity contribution < 1.29 is 9.90 Å². The lowest BCUT2D eigenvalue weighted by molar-refractivity contribution is 0.132. The van der Waals surface area contributed by atoms with E-state index in [2.05, 4.69) is 31.2 Å². The number of anilines is 1. The lowest BCUT2D eigenvalue weighted by atomic mass is 10.1. The average Bonchev–Trinajstić information content (AvgIpc) is 2.57. The van der Waals surface area contributed by atoms with Gasteiger partial charge in [0.05, 0.1) is 4.47 Å². The third-order valence-electron chi connectivity index (χ3n) is 4.12. The second-order valence-corrected chi connectivity index (χ2v) is 6.58. The van der Waals surface area contributed by atoms with Crippen LogP contribution in [-0.2, 0) is 6.54 Å². The topological polar surface area (TPSA) is 100 Å². The molecule has 1 aliphatic rings. The lowest BCUT2D eigenvalue weighted by Crippen LogP contribution is -2.44. The predicted molar refractivity (Wildman–Crippen MR) is 93.4 cm³/mol. The summed E-state index contributed by atoms with van der Waals surface area (Å²) in [5.74, 6) is 0.406. The van der Waals surface area contributed by atoms with Crippen molar-refractivity contribution in [1.29, 1.82) is 0 Å². The van der Waals surface area contributed by atoms with Gasteiger partial charge in [0.15, 0.2) is 0 Å². The monoisotopic (exact) mass is 395 g/mol. The summed E-state index contributed by atoms with van der Waals surface area (Å²) >= 11 is 3.26. The number of hydrogen-bond donors (Lipinski definition) is 2. The number of likely N-dealkylation sites (tertiary alicyclic amines) is 1. The van der Waals surface area contributed by atoms with E-state index in [0.717, 1.165) is 18.2 Å². The Labute approximate surface area is 146 Å². The summed E-state index contributed by atoms with van der Waals surface area (Å²) in [6.45, 7) is 3.34. The van der Waals surface area contributed by atoms with E-state index in [1.165, 1.54) is 4.90 Å². The fourth-order valence-electron chi connectivity index (χ4n) is 2.94. The zero-order valence-electron chi connectivity index (χ0n) is 13.2. The molecule has 8 nitrogen and oxygen atoms in total. The first kappa shape index (κ1) is 16.7. The summed E-state index contributed by atoms with van der Waals surface area (Å²) < 4.78 is 2.06. The van der Waals surface area contributed by atoms with Crippen molar-refractivity contribution in [2.24, 2.45) is 0 Å². The van der Waals surface area contributed by atoms with Crippen LogP contribution in [0.5, 0.6) is 0 Å². The summed E-state index contributed by atoms with van der Waals surface area (Å²) in [6.07, 6.45) is 2.40. The third-order valence-corrected chi connectivity index (χ3v) is 4.69. The number of carbonyl (C=O) groups is 1. The number of aromatic nitrogens is 3. The Hall–Kier alpha value is -2.16. The highest BCUT2D eigenvalue weighted by atomic mass is 79.9. The number of amides is 1. The molecule has 1 unspecified atom stereocenters. The minimum atomic E-state index is -0.911. The summed E-state index contributed by atoms with van der Waals surface area (Å²) in [7, 11) is 0. The smallest absolute Gasteiger partial charge is 0.407 e. The van der Waals surface area contributed by atoms with Gasteiger partial charge in [-0.2, -0.15) is 4.98 Å². The van der Waals surface area contributed by atoms with E-state index in [9.17, 15) is 9.59 Å². The zero-order chi connectivity index (χ0) is 17.3. The molecule has 1 amide bonds. The van der Waals surface area contributed by atoms with Crippen molar-refractivity contribution in [3.05, 3.63) is 27.1 Å². The molecule has 24 heavy (non-hydrogen) atoms. The van der Waals surface area contributed by atoms with Crippen molar-refractivity contribution in [3.8, 4) is 0 Å². The van der Waals surface area contributed by atoms with Crippen LogP contribution < -0.4 is 10.9 Å². The van der Waals surface area contributed by atoms with Crippen LogP contribution in [0, 0.1) is 0 Å². The Balaban J connectivity index is 1.89. The van der Waals surface area contributed by atoms with Gasteiger partial charge in [-0.1, -0.05) is 0 Å². The van der Waals surface area contributed by atoms with Gasteiger partial charge in [-0.05, 0) is 41.8 Å². The van der Waals surface area contributed by atoms with Gasteiger partial charge >= 0.3 is 6.09 Å². The Morgan fingerprint density at radius 3 is 3.04 bits per heavy atom. The van der Waals surface area contributed by atoms with Crippen LogP contribution in [0.25, 0.3) is 11.0 Å². The molecule has 0 spiro atoms. The van der Waals surface area contributed by atoms with Gasteiger partial charge < -0.3 is 15.3 Å². The number of carboxylic acid groups (broad SMARTS) is 1. The normalized spacial score (nSPS) is 17.9. The summed E-state index contributed by atoms with van der Waals surface area (Å²) in [5, 5.41) is 13.1. The molecule has 3 rings (SSSR count). The number of fused-ring (bicyclic) bond motifs is 1. The van der Waals surface area contributed by atoms with Crippen LogP contribution in [0.4, 0.5) is 10.7 Å². The van der Waals surface area contributed by atoms with Crippen LogP contribution in [0.1, 0.15) is 19.8 Å². The van der Waals surface area contributed by atoms with Crippen LogP contribution in [0.15, 0.2) is 21.5 Å². The maximum absolute atomic E-state index is 12.2. The fraction of sp³-hybridized carbons (Fsp3) is 0.467. The van der Waals surface area contributed by atoms with E-state index >= 15 is 0 Å². The number of piperidine rings is 1. The SMILES string of the molecule is CCn1c(=O)c(Br)cc2cnc(NC3CCCN(C(=O)O)C3)nc21. The van der Waals surface area contributed by atoms with Crippen LogP contribution in [-0.4, -0.2) is 49.8 Å². The highest BCUT2D eigenvalue weighted by Gasteiger charge is 2.23. The summed E-state index contributed by atoms with van der Waals surface area (Å²) in [5.41, 5.74) is 0.429. The van der Waals surface area contributed by atoms with Crippen molar-refractivity contribution in [2.45, 2.75) is 32.4 Å². The largest absolute Gasteiger partial charge is 0.465 e. The van der Waals surface area contributed by atoms with Crippen molar-refractivity contribution >= 4 is 39.0 Å². The molecule has 1 aliphatic heterocycles. The third kappa shape index (κ3) is 3.21. The van der Waals surface area contributed by atoms with Crippen LogP contribution >= 0.6 is 15.9 Å². The first-order valence-corrected chi connectivity index (χ1v) is 8.59. The maximum atomic E-state index is 12.2. The first-order chi connectivity index (χ1) is 11.5. The molecule has 2 aromatic heterocycles. The van der Waals surface area contributed by atoms with E-state index in [4.69, 9.17) is 5.11 Å². The number of rotatable bonds is 3. The van der Waals surface area contributed by atoms with Crippen LogP contribution in [0.2, 0.25) is 0 Å². The molecule has 2 N–H and O–H groups in total. The van der Waals surface area contributed by atoms with Gasteiger partial charge in [0.2, 0.25) is 5.95 Å². The molecule has 0 saturated carbocycles. The highest BCUT2D eigenvalue weighted by molar-refractivity contribution is 9.10. The van der Waals surface area contributed by atoms with E-state index in [-0.39, 0.29) is 11.6 Å². The van der Waals surface area contributed by atoms with Gasteiger partial charge in [0, 0.05) is 37.3 Å². The highest BCUT2D eigenvalue weighted by Crippen LogP contribution is 2.18. The minimum Gasteiger partial charge on any atom is -0.465 e. The van der Waals surface area contributed by atoms with Gasteiger partial charge in [0.1, 0.15) is 5.65 Å². The number of pyridine rings is 1. The van der Waals surface area contributed by atoms with Crippen molar-refractivity contribution in [1.82, 2.24) is 19.4 Å². The molecule has 0 aromatic carbocycles. The zero-order valence-corrected chi connectivity index (χ0v) is 14.8. The van der Waals surface area contributed by atoms with E-state index in [1.807, 2.05) is 6.92 Å². The molecular formula is C15H18BrN5O3. The second kappa shape index (κ2) is 6.76. The van der Waals surface area contributed by atoms with Gasteiger partial charge in [-0.25, -0.2) is 9.78 Å². The fourth-order valence-corrected chi connectivity index (χ4v) is 3.40. The molecule has 0 radical (unpaired) electrons. The number of aryl methyl sites for hydroxylation is 1. The number of halogens is 1. The molecule has 128 valence electrons. The maximum Gasteiger partial charge on any atom is 0.407 e. The standard InChI is InChI=1S/C15H18BrN5O3/c1-2-21-12-9(6-11(16)13(21)22)7-17-14(19-12)18-10-4-3-5-20(8-10)15(23)24/h6-7,10H,2-5,8H2,1H3,(H,23,24)(H,17,18,19). The molecule has 1 saturated heterocycles. The van der Waals surface area contributed by atoms with E-state index in [0.29, 0.717) is 35.7 Å². The molecule has 0 bridgehead atoms. The molecule has 1 fully saturated rings. The number of hydrogen-bond acceptors (Lipinski definition) is 5. The Kier molecular flexibility index (Phi) is 4.70. The molecule has 9 heteroatoms. The molecule has 1 atom stereocenters. The quantitative estimate of drug-likeness (QED) is 0.825. The van der Waals surface area contributed by atoms with Gasteiger partial charge in [0.25, 0.3) is 5.56 Å². The van der Waals surface area contributed by atoms with Crippen LogP contribution in [0.3, 0.4) is 0 Å². The number of nitrogens with one attached hydrogen (secondary N) is 1. The molecule has 0 aliphatic carbocycles. The Bertz CT molecular complexity index is 838. The van der Waals surface area contributed by atoms with Gasteiger partial charge in [-0.15, -0.1) is 0 Å². The second-order valence-electron chi connectivity index (χ2n) is 5.73. The predicted octanol–water partition coefficient (Wildman–Crippen LogP) is 2.13.